The lowest BCUT2D eigenvalue weighted by Gasteiger charge is -2.09. The number of halogens is 3. The van der Waals surface area contributed by atoms with Crippen LogP contribution in [0.5, 0.6) is 0 Å². The van der Waals surface area contributed by atoms with Crippen LogP contribution in [-0.4, -0.2) is 22.0 Å². The molecular formula is C18H16ClF2N3O. The molecule has 0 unspecified atom stereocenters. The minimum atomic E-state index is -1.10. The van der Waals surface area contributed by atoms with Crippen LogP contribution in [0.3, 0.4) is 0 Å². The lowest BCUT2D eigenvalue weighted by Crippen LogP contribution is -2.26. The van der Waals surface area contributed by atoms with Crippen molar-refractivity contribution in [2.45, 2.75) is 19.9 Å². The minimum Gasteiger partial charge on any atom is -0.352 e. The Morgan fingerprint density at radius 2 is 1.96 bits per heavy atom. The van der Waals surface area contributed by atoms with E-state index in [0.717, 1.165) is 29.0 Å². The van der Waals surface area contributed by atoms with Gasteiger partial charge in [0, 0.05) is 13.1 Å². The van der Waals surface area contributed by atoms with Gasteiger partial charge >= 0.3 is 0 Å². The summed E-state index contributed by atoms with van der Waals surface area (Å²) in [7, 11) is 0. The maximum atomic E-state index is 13.3. The molecule has 0 saturated heterocycles. The topological polar surface area (TPSA) is 46.9 Å². The molecule has 2 aromatic carbocycles. The van der Waals surface area contributed by atoms with E-state index >= 15 is 0 Å². The Kier molecular flexibility index (Phi) is 4.99. The number of nitrogens with zero attached hydrogens (tertiary/aromatic N) is 2. The van der Waals surface area contributed by atoms with Gasteiger partial charge in [-0.1, -0.05) is 23.7 Å². The van der Waals surface area contributed by atoms with E-state index in [1.54, 1.807) is 0 Å². The summed E-state index contributed by atoms with van der Waals surface area (Å²) in [6, 6.07) is 9.44. The average Bonchev–Trinajstić information content (AvgIpc) is 2.90. The van der Waals surface area contributed by atoms with Crippen molar-refractivity contribution in [1.29, 1.82) is 0 Å². The number of aryl methyl sites for hydroxylation is 2. The van der Waals surface area contributed by atoms with Gasteiger partial charge in [0.25, 0.3) is 5.91 Å². The van der Waals surface area contributed by atoms with Crippen LogP contribution in [-0.2, 0) is 6.54 Å². The lowest BCUT2D eigenvalue weighted by atomic mass is 10.2. The van der Waals surface area contributed by atoms with Crippen molar-refractivity contribution >= 4 is 28.5 Å². The Morgan fingerprint density at radius 3 is 2.76 bits per heavy atom. The Morgan fingerprint density at radius 1 is 1.24 bits per heavy atom. The molecule has 1 aromatic heterocycles. The largest absolute Gasteiger partial charge is 0.352 e. The number of imidazole rings is 1. The van der Waals surface area contributed by atoms with E-state index in [4.69, 9.17) is 11.6 Å². The number of amides is 1. The number of fused-ring (bicyclic) bond motifs is 1. The van der Waals surface area contributed by atoms with Gasteiger partial charge in [0.1, 0.15) is 5.82 Å². The van der Waals surface area contributed by atoms with Gasteiger partial charge in [-0.3, -0.25) is 4.79 Å². The molecule has 0 fully saturated rings. The Bertz CT molecular complexity index is 939. The van der Waals surface area contributed by atoms with E-state index in [1.165, 1.54) is 0 Å². The number of aromatic nitrogens is 2. The fourth-order valence-electron chi connectivity index (χ4n) is 2.71. The molecule has 0 aliphatic heterocycles. The number of hydrogen-bond acceptors (Lipinski definition) is 2. The van der Waals surface area contributed by atoms with Gasteiger partial charge in [-0.15, -0.1) is 0 Å². The van der Waals surface area contributed by atoms with Crippen LogP contribution in [0.4, 0.5) is 8.78 Å². The Labute approximate surface area is 148 Å². The standard InChI is InChI=1S/C18H16ClF2N3O/c1-11-23-16-5-2-3-6-17(16)24(11)8-4-7-22-18(25)12-9-14(20)15(21)10-13(12)19/h2-3,5-6,9-10H,4,7-8H2,1H3,(H,22,25). The first-order valence-electron chi connectivity index (χ1n) is 7.82. The molecule has 3 rings (SSSR count). The van der Waals surface area contributed by atoms with Crippen molar-refractivity contribution < 1.29 is 13.6 Å². The van der Waals surface area contributed by atoms with Crippen LogP contribution in [0.1, 0.15) is 22.6 Å². The average molecular weight is 364 g/mol. The maximum absolute atomic E-state index is 13.3. The minimum absolute atomic E-state index is 0.0789. The molecule has 0 saturated carbocycles. The fourth-order valence-corrected chi connectivity index (χ4v) is 2.95. The zero-order valence-electron chi connectivity index (χ0n) is 13.5. The van der Waals surface area contributed by atoms with Crippen molar-refractivity contribution in [2.75, 3.05) is 6.54 Å². The van der Waals surface area contributed by atoms with Gasteiger partial charge in [0.15, 0.2) is 11.6 Å². The third kappa shape index (κ3) is 3.64. The second-order valence-electron chi connectivity index (χ2n) is 5.65. The fraction of sp³-hybridized carbons (Fsp3) is 0.222. The van der Waals surface area contributed by atoms with Gasteiger partial charge in [-0.05, 0) is 37.6 Å². The van der Waals surface area contributed by atoms with Crippen LogP contribution >= 0.6 is 11.6 Å². The van der Waals surface area contributed by atoms with Crippen molar-refractivity contribution in [1.82, 2.24) is 14.9 Å². The molecule has 0 aliphatic carbocycles. The predicted octanol–water partition coefficient (Wildman–Crippen LogP) is 4.10. The molecule has 1 N–H and O–H groups in total. The number of carbonyl (C=O) groups excluding carboxylic acids is 1. The van der Waals surface area contributed by atoms with Gasteiger partial charge < -0.3 is 9.88 Å². The molecule has 3 aromatic rings. The molecule has 0 radical (unpaired) electrons. The summed E-state index contributed by atoms with van der Waals surface area (Å²) in [4.78, 5) is 16.6. The monoisotopic (exact) mass is 363 g/mol. The normalized spacial score (nSPS) is 11.0. The third-order valence-electron chi connectivity index (χ3n) is 3.94. The van der Waals surface area contributed by atoms with Crippen molar-refractivity contribution in [2.24, 2.45) is 0 Å². The lowest BCUT2D eigenvalue weighted by molar-refractivity contribution is 0.0952. The molecular weight excluding hydrogens is 348 g/mol. The smallest absolute Gasteiger partial charge is 0.252 e. The van der Waals surface area contributed by atoms with Crippen molar-refractivity contribution in [3.63, 3.8) is 0 Å². The quantitative estimate of drug-likeness (QED) is 0.548. The SMILES string of the molecule is Cc1nc2ccccc2n1CCCNC(=O)c1cc(F)c(F)cc1Cl. The molecule has 0 atom stereocenters. The molecule has 4 nitrogen and oxygen atoms in total. The highest BCUT2D eigenvalue weighted by Gasteiger charge is 2.14. The first kappa shape index (κ1) is 17.4. The van der Waals surface area contributed by atoms with E-state index in [0.29, 0.717) is 19.5 Å². The number of para-hydroxylation sites is 2. The molecule has 7 heteroatoms. The first-order chi connectivity index (χ1) is 12.0. The molecule has 1 heterocycles. The van der Waals surface area contributed by atoms with Crippen LogP contribution in [0, 0.1) is 18.6 Å². The number of benzene rings is 2. The highest BCUT2D eigenvalue weighted by molar-refractivity contribution is 6.33. The van der Waals surface area contributed by atoms with E-state index in [1.807, 2.05) is 31.2 Å². The molecule has 0 bridgehead atoms. The summed E-state index contributed by atoms with van der Waals surface area (Å²) >= 11 is 5.80. The van der Waals surface area contributed by atoms with Gasteiger partial charge in [-0.2, -0.15) is 0 Å². The molecule has 1 amide bonds. The molecule has 0 spiro atoms. The van der Waals surface area contributed by atoms with Crippen LogP contribution < -0.4 is 5.32 Å². The summed E-state index contributed by atoms with van der Waals surface area (Å²) in [6.07, 6.45) is 0.661. The Balaban J connectivity index is 1.61. The predicted molar refractivity (Wildman–Crippen MR) is 92.8 cm³/mol. The number of nitrogens with one attached hydrogen (secondary N) is 1. The highest BCUT2D eigenvalue weighted by Crippen LogP contribution is 2.20. The highest BCUT2D eigenvalue weighted by atomic mass is 35.5. The molecule has 130 valence electrons. The van der Waals surface area contributed by atoms with E-state index < -0.39 is 17.5 Å². The second-order valence-corrected chi connectivity index (χ2v) is 6.06. The zero-order chi connectivity index (χ0) is 18.0. The van der Waals surface area contributed by atoms with Crippen molar-refractivity contribution in [3.05, 3.63) is 64.4 Å². The zero-order valence-corrected chi connectivity index (χ0v) is 14.3. The number of hydrogen-bond donors (Lipinski definition) is 1. The van der Waals surface area contributed by atoms with Crippen LogP contribution in [0.2, 0.25) is 5.02 Å². The molecule has 0 aliphatic rings. The van der Waals surface area contributed by atoms with E-state index in [2.05, 4.69) is 14.9 Å². The Hall–Kier alpha value is -2.47. The summed E-state index contributed by atoms with van der Waals surface area (Å²) in [5.74, 6) is -1.81. The molecule has 25 heavy (non-hydrogen) atoms. The summed E-state index contributed by atoms with van der Waals surface area (Å²) in [6.45, 7) is 2.98. The summed E-state index contributed by atoms with van der Waals surface area (Å²) in [5, 5.41) is 2.55. The third-order valence-corrected chi connectivity index (χ3v) is 4.26. The summed E-state index contributed by atoms with van der Waals surface area (Å²) < 4.78 is 28.4. The van der Waals surface area contributed by atoms with Crippen molar-refractivity contribution in [3.8, 4) is 0 Å². The number of rotatable bonds is 5. The maximum Gasteiger partial charge on any atom is 0.252 e. The first-order valence-corrected chi connectivity index (χ1v) is 8.20. The van der Waals surface area contributed by atoms with Gasteiger partial charge in [0.05, 0.1) is 21.6 Å². The van der Waals surface area contributed by atoms with E-state index in [9.17, 15) is 13.6 Å². The van der Waals surface area contributed by atoms with Gasteiger partial charge in [0.2, 0.25) is 0 Å². The summed E-state index contributed by atoms with van der Waals surface area (Å²) in [5.41, 5.74) is 1.89. The van der Waals surface area contributed by atoms with Crippen LogP contribution in [0.15, 0.2) is 36.4 Å². The second kappa shape index (κ2) is 7.19. The number of carbonyl (C=O) groups is 1. The van der Waals surface area contributed by atoms with Gasteiger partial charge in [-0.25, -0.2) is 13.8 Å². The van der Waals surface area contributed by atoms with Crippen LogP contribution in [0.25, 0.3) is 11.0 Å². The van der Waals surface area contributed by atoms with E-state index in [-0.39, 0.29) is 10.6 Å².